The quantitative estimate of drug-likeness (QED) is 0.665. The first-order valence-electron chi connectivity index (χ1n) is 5.54. The van der Waals surface area contributed by atoms with E-state index in [1.807, 2.05) is 0 Å². The molecular weight excluding hydrogens is 266 g/mol. The fraction of sp³-hybridized carbons (Fsp3) is 0.0714. The van der Waals surface area contributed by atoms with Gasteiger partial charge in [-0.25, -0.2) is 4.79 Å². The van der Waals surface area contributed by atoms with Crippen molar-refractivity contribution >= 4 is 28.9 Å². The fourth-order valence-electron chi connectivity index (χ4n) is 1.62. The Hall–Kier alpha value is -2.20. The summed E-state index contributed by atoms with van der Waals surface area (Å²) in [5, 5.41) is 12.7. The first-order chi connectivity index (χ1) is 9.11. The van der Waals surface area contributed by atoms with Gasteiger partial charge in [-0.05, 0) is 30.3 Å². The monoisotopic (exact) mass is 277 g/mol. The number of carbonyl (C=O) groups is 1. The Morgan fingerprint density at radius 3 is 2.68 bits per heavy atom. The number of anilines is 2. The van der Waals surface area contributed by atoms with Gasteiger partial charge in [-0.2, -0.15) is 0 Å². The summed E-state index contributed by atoms with van der Waals surface area (Å²) in [6.45, 7) is 0. The summed E-state index contributed by atoms with van der Waals surface area (Å²) in [6, 6.07) is 11.7. The third-order valence-electron chi connectivity index (χ3n) is 2.56. The van der Waals surface area contributed by atoms with Crippen molar-refractivity contribution in [2.45, 2.75) is 0 Å². The number of phenolic OH excluding ortho intramolecular Hbond substituents is 1. The molecule has 2 N–H and O–H groups in total. The molecular formula is C14H12ClNO3. The van der Waals surface area contributed by atoms with Crippen LogP contribution in [0.1, 0.15) is 10.4 Å². The SMILES string of the molecule is COC(=O)c1ccccc1Nc1ccc(O)c(Cl)c1. The van der Waals surface area contributed by atoms with Crippen LogP contribution in [0.4, 0.5) is 11.4 Å². The van der Waals surface area contributed by atoms with Crippen molar-refractivity contribution in [3.05, 3.63) is 53.1 Å². The summed E-state index contributed by atoms with van der Waals surface area (Å²) >= 11 is 5.83. The summed E-state index contributed by atoms with van der Waals surface area (Å²) in [7, 11) is 1.33. The van der Waals surface area contributed by atoms with Crippen LogP contribution in [-0.2, 0) is 4.74 Å². The number of hydrogen-bond acceptors (Lipinski definition) is 4. The molecule has 0 amide bonds. The number of aromatic hydroxyl groups is 1. The smallest absolute Gasteiger partial charge is 0.339 e. The molecule has 5 heteroatoms. The van der Waals surface area contributed by atoms with Crippen LogP contribution in [-0.4, -0.2) is 18.2 Å². The average Bonchev–Trinajstić information content (AvgIpc) is 2.43. The number of para-hydroxylation sites is 1. The van der Waals surface area contributed by atoms with Crippen LogP contribution in [0.3, 0.4) is 0 Å². The van der Waals surface area contributed by atoms with Gasteiger partial charge >= 0.3 is 5.97 Å². The zero-order chi connectivity index (χ0) is 13.8. The lowest BCUT2D eigenvalue weighted by Crippen LogP contribution is -2.05. The number of nitrogens with one attached hydrogen (secondary N) is 1. The van der Waals surface area contributed by atoms with Gasteiger partial charge in [0.15, 0.2) is 0 Å². The van der Waals surface area contributed by atoms with E-state index < -0.39 is 5.97 Å². The minimum Gasteiger partial charge on any atom is -0.506 e. The van der Waals surface area contributed by atoms with Crippen LogP contribution in [0, 0.1) is 0 Å². The minimum atomic E-state index is -0.423. The van der Waals surface area contributed by atoms with Gasteiger partial charge in [-0.15, -0.1) is 0 Å². The maximum absolute atomic E-state index is 11.6. The fourth-order valence-corrected chi connectivity index (χ4v) is 1.80. The molecule has 0 fully saturated rings. The van der Waals surface area contributed by atoms with E-state index in [1.165, 1.54) is 13.2 Å². The number of halogens is 1. The van der Waals surface area contributed by atoms with E-state index in [0.29, 0.717) is 16.9 Å². The van der Waals surface area contributed by atoms with Crippen molar-refractivity contribution < 1.29 is 14.6 Å². The molecule has 0 aromatic heterocycles. The van der Waals surface area contributed by atoms with Crippen molar-refractivity contribution in [3.8, 4) is 5.75 Å². The second-order valence-electron chi connectivity index (χ2n) is 3.83. The van der Waals surface area contributed by atoms with Crippen LogP contribution >= 0.6 is 11.6 Å². The second-order valence-corrected chi connectivity index (χ2v) is 4.24. The molecule has 0 bridgehead atoms. The number of methoxy groups -OCH3 is 1. The predicted molar refractivity (Wildman–Crippen MR) is 74.2 cm³/mol. The Balaban J connectivity index is 2.32. The van der Waals surface area contributed by atoms with E-state index in [0.717, 1.165) is 0 Å². The molecule has 0 saturated carbocycles. The average molecular weight is 278 g/mol. The molecule has 4 nitrogen and oxygen atoms in total. The van der Waals surface area contributed by atoms with Gasteiger partial charge in [0.2, 0.25) is 0 Å². The highest BCUT2D eigenvalue weighted by molar-refractivity contribution is 6.32. The second kappa shape index (κ2) is 5.63. The molecule has 0 aliphatic carbocycles. The number of phenols is 1. The van der Waals surface area contributed by atoms with E-state index >= 15 is 0 Å². The molecule has 0 saturated heterocycles. The Morgan fingerprint density at radius 1 is 1.26 bits per heavy atom. The van der Waals surface area contributed by atoms with Gasteiger partial charge < -0.3 is 15.2 Å². The molecule has 2 aromatic carbocycles. The molecule has 98 valence electrons. The van der Waals surface area contributed by atoms with Crippen molar-refractivity contribution in [3.63, 3.8) is 0 Å². The molecule has 2 aromatic rings. The third-order valence-corrected chi connectivity index (χ3v) is 2.86. The van der Waals surface area contributed by atoms with Crippen molar-refractivity contribution in [2.75, 3.05) is 12.4 Å². The predicted octanol–water partition coefficient (Wildman–Crippen LogP) is 3.58. The first kappa shape index (κ1) is 13.2. The number of esters is 1. The molecule has 0 atom stereocenters. The molecule has 2 rings (SSSR count). The molecule has 0 heterocycles. The number of rotatable bonds is 3. The van der Waals surface area contributed by atoms with Gasteiger partial charge in [-0.1, -0.05) is 23.7 Å². The molecule has 0 spiro atoms. The molecule has 0 unspecified atom stereocenters. The number of carbonyl (C=O) groups excluding carboxylic acids is 1. The summed E-state index contributed by atoms with van der Waals surface area (Å²) in [6.07, 6.45) is 0. The Labute approximate surface area is 115 Å². The summed E-state index contributed by atoms with van der Waals surface area (Å²) < 4.78 is 4.71. The Morgan fingerprint density at radius 2 is 2.00 bits per heavy atom. The normalized spacial score (nSPS) is 10.0. The van der Waals surface area contributed by atoms with Crippen LogP contribution in [0.15, 0.2) is 42.5 Å². The molecule has 0 aliphatic heterocycles. The first-order valence-corrected chi connectivity index (χ1v) is 5.92. The van der Waals surface area contributed by atoms with E-state index in [-0.39, 0.29) is 10.8 Å². The lowest BCUT2D eigenvalue weighted by atomic mass is 10.1. The van der Waals surface area contributed by atoms with E-state index in [2.05, 4.69) is 5.32 Å². The number of ether oxygens (including phenoxy) is 1. The van der Waals surface area contributed by atoms with Crippen LogP contribution in [0.5, 0.6) is 5.75 Å². The van der Waals surface area contributed by atoms with Gasteiger partial charge in [0.1, 0.15) is 5.75 Å². The topological polar surface area (TPSA) is 58.6 Å². The largest absolute Gasteiger partial charge is 0.506 e. The molecule has 0 radical (unpaired) electrons. The van der Waals surface area contributed by atoms with Gasteiger partial charge in [0.25, 0.3) is 0 Å². The van der Waals surface area contributed by atoms with Crippen LogP contribution < -0.4 is 5.32 Å². The Kier molecular flexibility index (Phi) is 3.92. The highest BCUT2D eigenvalue weighted by Crippen LogP contribution is 2.29. The Bertz CT molecular complexity index is 613. The van der Waals surface area contributed by atoms with Gasteiger partial charge in [-0.3, -0.25) is 0 Å². The standard InChI is InChI=1S/C14H12ClNO3/c1-19-14(18)10-4-2-3-5-12(10)16-9-6-7-13(17)11(15)8-9/h2-8,16-17H,1H3. The van der Waals surface area contributed by atoms with E-state index in [9.17, 15) is 9.90 Å². The van der Waals surface area contributed by atoms with Crippen molar-refractivity contribution in [1.82, 2.24) is 0 Å². The third kappa shape index (κ3) is 2.98. The maximum atomic E-state index is 11.6. The van der Waals surface area contributed by atoms with Crippen LogP contribution in [0.2, 0.25) is 5.02 Å². The number of hydrogen-bond donors (Lipinski definition) is 2. The van der Waals surface area contributed by atoms with E-state index in [1.54, 1.807) is 36.4 Å². The maximum Gasteiger partial charge on any atom is 0.339 e. The summed E-state index contributed by atoms with van der Waals surface area (Å²) in [5.41, 5.74) is 1.70. The molecule has 0 aliphatic rings. The van der Waals surface area contributed by atoms with Crippen LogP contribution in [0.25, 0.3) is 0 Å². The zero-order valence-electron chi connectivity index (χ0n) is 10.2. The zero-order valence-corrected chi connectivity index (χ0v) is 10.9. The lowest BCUT2D eigenvalue weighted by molar-refractivity contribution is 0.0602. The summed E-state index contributed by atoms with van der Waals surface area (Å²) in [4.78, 5) is 11.6. The van der Waals surface area contributed by atoms with Gasteiger partial charge in [0, 0.05) is 5.69 Å². The van der Waals surface area contributed by atoms with Crippen molar-refractivity contribution in [2.24, 2.45) is 0 Å². The highest BCUT2D eigenvalue weighted by Gasteiger charge is 2.11. The minimum absolute atomic E-state index is 0.00784. The number of benzene rings is 2. The summed E-state index contributed by atoms with van der Waals surface area (Å²) in [5.74, 6) is -0.415. The lowest BCUT2D eigenvalue weighted by Gasteiger charge is -2.11. The highest BCUT2D eigenvalue weighted by atomic mass is 35.5. The van der Waals surface area contributed by atoms with E-state index in [4.69, 9.17) is 16.3 Å². The van der Waals surface area contributed by atoms with Crippen molar-refractivity contribution in [1.29, 1.82) is 0 Å². The van der Waals surface area contributed by atoms with Gasteiger partial charge in [0.05, 0.1) is 23.4 Å². The molecule has 19 heavy (non-hydrogen) atoms.